The van der Waals surface area contributed by atoms with Gasteiger partial charge < -0.3 is 19.4 Å². The molecule has 0 fully saturated rings. The van der Waals surface area contributed by atoms with Crippen LogP contribution < -0.4 is 5.32 Å². The van der Waals surface area contributed by atoms with Crippen LogP contribution in [0.25, 0.3) is 0 Å². The lowest BCUT2D eigenvalue weighted by molar-refractivity contribution is -0.117. The van der Waals surface area contributed by atoms with Crippen LogP contribution in [0.3, 0.4) is 0 Å². The minimum absolute atomic E-state index is 0.0252. The quantitative estimate of drug-likeness (QED) is 0.304. The van der Waals surface area contributed by atoms with Crippen LogP contribution >= 0.6 is 0 Å². The Labute approximate surface area is 217 Å². The average Bonchev–Trinajstić information content (AvgIpc) is 3.51. The Kier molecular flexibility index (Phi) is 8.57. The van der Waals surface area contributed by atoms with E-state index in [1.807, 2.05) is 66.9 Å². The van der Waals surface area contributed by atoms with E-state index in [1.165, 1.54) is 0 Å². The van der Waals surface area contributed by atoms with Crippen LogP contribution in [0.1, 0.15) is 46.2 Å². The summed E-state index contributed by atoms with van der Waals surface area (Å²) in [7, 11) is 0. The molecule has 37 heavy (non-hydrogen) atoms. The van der Waals surface area contributed by atoms with Crippen LogP contribution in [0.15, 0.2) is 83.5 Å². The number of amides is 1. The van der Waals surface area contributed by atoms with Crippen LogP contribution in [-0.4, -0.2) is 40.2 Å². The second kappa shape index (κ2) is 12.2. The highest BCUT2D eigenvalue weighted by molar-refractivity contribution is 5.93. The maximum Gasteiger partial charge on any atom is 0.239 e. The molecule has 0 atom stereocenters. The van der Waals surface area contributed by atoms with Crippen molar-refractivity contribution in [3.8, 4) is 6.07 Å². The Hall–Kier alpha value is -4.12. The van der Waals surface area contributed by atoms with Crippen molar-refractivity contribution < 1.29 is 14.3 Å². The smallest absolute Gasteiger partial charge is 0.239 e. The maximum absolute atomic E-state index is 13.5. The molecule has 1 amide bonds. The second-order valence-corrected chi connectivity index (χ2v) is 9.03. The standard InChI is InChI=1S/C30H32N4O3/c1-22-23(2)34(20-26-15-9-18-37-26)30(27(22)19-31)32-28(36)21-33(16-10-17-35)29(24-11-5-3-6-12-24)25-13-7-4-8-14-25/h3-9,11-15,18,29,35H,10,16-17,20-21H2,1-2H3,(H,32,36). The van der Waals surface area contributed by atoms with Crippen molar-refractivity contribution in [2.45, 2.75) is 32.9 Å². The molecular formula is C30H32N4O3. The van der Waals surface area contributed by atoms with Crippen molar-refractivity contribution in [2.24, 2.45) is 0 Å². The second-order valence-electron chi connectivity index (χ2n) is 9.03. The molecule has 7 nitrogen and oxygen atoms in total. The zero-order chi connectivity index (χ0) is 26.2. The first kappa shape index (κ1) is 26.0. The van der Waals surface area contributed by atoms with Crippen LogP contribution in [0, 0.1) is 25.2 Å². The number of nitrogens with one attached hydrogen (secondary N) is 1. The van der Waals surface area contributed by atoms with E-state index in [0.717, 1.165) is 28.1 Å². The molecule has 7 heteroatoms. The molecule has 0 spiro atoms. The summed E-state index contributed by atoms with van der Waals surface area (Å²) in [6.45, 7) is 4.86. The zero-order valence-corrected chi connectivity index (χ0v) is 21.2. The predicted molar refractivity (Wildman–Crippen MR) is 143 cm³/mol. The predicted octanol–water partition coefficient (Wildman–Crippen LogP) is 5.03. The van der Waals surface area contributed by atoms with Crippen molar-refractivity contribution in [1.82, 2.24) is 9.47 Å². The van der Waals surface area contributed by atoms with E-state index in [4.69, 9.17) is 4.42 Å². The number of aromatic nitrogens is 1. The van der Waals surface area contributed by atoms with Gasteiger partial charge in [0.05, 0.1) is 31.0 Å². The highest BCUT2D eigenvalue weighted by Gasteiger charge is 2.26. The number of hydrogen-bond donors (Lipinski definition) is 2. The van der Waals surface area contributed by atoms with Gasteiger partial charge in [0.1, 0.15) is 17.6 Å². The molecule has 0 saturated heterocycles. The zero-order valence-electron chi connectivity index (χ0n) is 21.2. The third kappa shape index (κ3) is 6.00. The van der Waals surface area contributed by atoms with Gasteiger partial charge in [0, 0.05) is 18.8 Å². The molecule has 4 rings (SSSR count). The Balaban J connectivity index is 1.65. The van der Waals surface area contributed by atoms with Crippen LogP contribution in [0.5, 0.6) is 0 Å². The monoisotopic (exact) mass is 496 g/mol. The van der Waals surface area contributed by atoms with E-state index >= 15 is 0 Å². The molecule has 0 aliphatic rings. The van der Waals surface area contributed by atoms with E-state index in [2.05, 4.69) is 40.6 Å². The molecule has 0 unspecified atom stereocenters. The number of rotatable bonds is 11. The Bertz CT molecular complexity index is 1300. The Morgan fingerprint density at radius 2 is 1.70 bits per heavy atom. The lowest BCUT2D eigenvalue weighted by atomic mass is 9.96. The van der Waals surface area contributed by atoms with Gasteiger partial charge in [-0.05, 0) is 49.1 Å². The molecule has 0 radical (unpaired) electrons. The molecule has 0 aliphatic carbocycles. The first-order valence-electron chi connectivity index (χ1n) is 12.4. The molecular weight excluding hydrogens is 464 g/mol. The number of aliphatic hydroxyl groups is 1. The molecule has 2 N–H and O–H groups in total. The number of aliphatic hydroxyl groups excluding tert-OH is 1. The molecule has 2 heterocycles. The molecule has 0 aliphatic heterocycles. The fourth-order valence-corrected chi connectivity index (χ4v) is 4.70. The minimum atomic E-state index is -0.232. The van der Waals surface area contributed by atoms with Gasteiger partial charge in [0.15, 0.2) is 0 Å². The average molecular weight is 497 g/mol. The van der Waals surface area contributed by atoms with E-state index in [1.54, 1.807) is 6.26 Å². The summed E-state index contributed by atoms with van der Waals surface area (Å²) in [5.41, 5.74) is 4.29. The largest absolute Gasteiger partial charge is 0.467 e. The molecule has 190 valence electrons. The third-order valence-corrected chi connectivity index (χ3v) is 6.64. The SMILES string of the molecule is Cc1c(C#N)c(NC(=O)CN(CCCO)C(c2ccccc2)c2ccccc2)n(Cc2ccco2)c1C. The fourth-order valence-electron chi connectivity index (χ4n) is 4.70. The summed E-state index contributed by atoms with van der Waals surface area (Å²) in [6.07, 6.45) is 2.14. The number of anilines is 1. The van der Waals surface area contributed by atoms with Gasteiger partial charge in [-0.15, -0.1) is 0 Å². The number of carbonyl (C=O) groups excluding carboxylic acids is 1. The summed E-state index contributed by atoms with van der Waals surface area (Å²) in [5, 5.41) is 22.5. The van der Waals surface area contributed by atoms with Crippen LogP contribution in [0.2, 0.25) is 0 Å². The Morgan fingerprint density at radius 1 is 1.05 bits per heavy atom. The number of nitrogens with zero attached hydrogens (tertiary/aromatic N) is 3. The van der Waals surface area contributed by atoms with Crippen molar-refractivity contribution in [2.75, 3.05) is 25.0 Å². The van der Waals surface area contributed by atoms with Crippen molar-refractivity contribution in [3.63, 3.8) is 0 Å². The van der Waals surface area contributed by atoms with Gasteiger partial charge in [-0.3, -0.25) is 9.69 Å². The van der Waals surface area contributed by atoms with Crippen molar-refractivity contribution in [3.05, 3.63) is 113 Å². The third-order valence-electron chi connectivity index (χ3n) is 6.64. The summed E-state index contributed by atoms with van der Waals surface area (Å²) >= 11 is 0. The van der Waals surface area contributed by atoms with Crippen molar-refractivity contribution in [1.29, 1.82) is 5.26 Å². The number of nitriles is 1. The van der Waals surface area contributed by atoms with E-state index in [9.17, 15) is 15.2 Å². The number of furan rings is 1. The van der Waals surface area contributed by atoms with Gasteiger partial charge in [-0.1, -0.05) is 60.7 Å². The van der Waals surface area contributed by atoms with Gasteiger partial charge >= 0.3 is 0 Å². The van der Waals surface area contributed by atoms with E-state index in [0.29, 0.717) is 30.9 Å². The molecule has 0 bridgehead atoms. The highest BCUT2D eigenvalue weighted by Crippen LogP contribution is 2.30. The van der Waals surface area contributed by atoms with Crippen LogP contribution in [0.4, 0.5) is 5.82 Å². The lowest BCUT2D eigenvalue weighted by Gasteiger charge is -2.32. The Morgan fingerprint density at radius 3 is 2.24 bits per heavy atom. The molecule has 2 aromatic carbocycles. The van der Waals surface area contributed by atoms with E-state index < -0.39 is 0 Å². The molecule has 0 saturated carbocycles. The number of carbonyl (C=O) groups is 1. The highest BCUT2D eigenvalue weighted by atomic mass is 16.3. The fraction of sp³-hybridized carbons (Fsp3) is 0.267. The number of hydrogen-bond acceptors (Lipinski definition) is 5. The molecule has 2 aromatic heterocycles. The van der Waals surface area contributed by atoms with Gasteiger partial charge in [-0.25, -0.2) is 0 Å². The maximum atomic E-state index is 13.5. The summed E-state index contributed by atoms with van der Waals surface area (Å²) in [4.78, 5) is 15.6. The van der Waals surface area contributed by atoms with Gasteiger partial charge in [0.25, 0.3) is 0 Å². The lowest BCUT2D eigenvalue weighted by Crippen LogP contribution is -2.38. The normalized spacial score (nSPS) is 11.1. The topological polar surface area (TPSA) is 94.4 Å². The molecule has 4 aromatic rings. The first-order chi connectivity index (χ1) is 18.0. The van der Waals surface area contributed by atoms with Gasteiger partial charge in [-0.2, -0.15) is 5.26 Å². The minimum Gasteiger partial charge on any atom is -0.467 e. The van der Waals surface area contributed by atoms with E-state index in [-0.39, 0.29) is 25.1 Å². The van der Waals surface area contributed by atoms with Crippen LogP contribution in [-0.2, 0) is 11.3 Å². The summed E-state index contributed by atoms with van der Waals surface area (Å²) in [5.74, 6) is 0.970. The summed E-state index contributed by atoms with van der Waals surface area (Å²) < 4.78 is 7.44. The first-order valence-corrected chi connectivity index (χ1v) is 12.4. The van der Waals surface area contributed by atoms with Crippen molar-refractivity contribution >= 4 is 11.7 Å². The van der Waals surface area contributed by atoms with Gasteiger partial charge in [0.2, 0.25) is 5.91 Å². The summed E-state index contributed by atoms with van der Waals surface area (Å²) in [6, 6.07) is 25.9. The number of benzene rings is 2.